The largest absolute Gasteiger partial charge is 0.458 e. The molecule has 2 heteroatoms. The lowest BCUT2D eigenvalue weighted by Crippen LogP contribution is -2.05. The second kappa shape index (κ2) is 4.61. The van der Waals surface area contributed by atoms with Crippen LogP contribution in [0, 0.1) is 13.8 Å². The van der Waals surface area contributed by atoms with Crippen molar-refractivity contribution in [2.75, 3.05) is 6.61 Å². The maximum absolute atomic E-state index is 11.4. The van der Waals surface area contributed by atoms with Gasteiger partial charge in [0.05, 0.1) is 5.56 Å². The van der Waals surface area contributed by atoms with Crippen molar-refractivity contribution < 1.29 is 9.53 Å². The highest BCUT2D eigenvalue weighted by atomic mass is 16.5. The molecule has 0 spiro atoms. The van der Waals surface area contributed by atoms with E-state index in [1.54, 1.807) is 12.1 Å². The molecule has 0 unspecified atom stereocenters. The molecule has 14 heavy (non-hydrogen) atoms. The van der Waals surface area contributed by atoms with Crippen molar-refractivity contribution in [3.05, 3.63) is 47.5 Å². The van der Waals surface area contributed by atoms with E-state index in [0.29, 0.717) is 5.56 Å². The van der Waals surface area contributed by atoms with E-state index in [4.69, 9.17) is 4.74 Å². The zero-order chi connectivity index (χ0) is 10.6. The number of esters is 1. The third kappa shape index (κ3) is 2.46. The van der Waals surface area contributed by atoms with Crippen molar-refractivity contribution in [1.29, 1.82) is 0 Å². The maximum atomic E-state index is 11.4. The number of hydrogen-bond donors (Lipinski definition) is 0. The lowest BCUT2D eigenvalue weighted by Gasteiger charge is -2.04. The average molecular weight is 190 g/mol. The van der Waals surface area contributed by atoms with Crippen LogP contribution in [0.15, 0.2) is 30.9 Å². The van der Waals surface area contributed by atoms with Crippen molar-refractivity contribution in [3.63, 3.8) is 0 Å². The summed E-state index contributed by atoms with van der Waals surface area (Å²) in [4.78, 5) is 11.4. The average Bonchev–Trinajstić information content (AvgIpc) is 2.18. The number of aryl methyl sites for hydroxylation is 2. The first-order chi connectivity index (χ1) is 6.65. The lowest BCUT2D eigenvalue weighted by molar-refractivity contribution is 0.0549. The highest BCUT2D eigenvalue weighted by molar-refractivity contribution is 5.89. The van der Waals surface area contributed by atoms with Gasteiger partial charge in [0.15, 0.2) is 0 Å². The molecule has 0 bridgehead atoms. The van der Waals surface area contributed by atoms with Crippen LogP contribution in [0.25, 0.3) is 0 Å². The zero-order valence-electron chi connectivity index (χ0n) is 8.54. The van der Waals surface area contributed by atoms with E-state index >= 15 is 0 Å². The van der Waals surface area contributed by atoms with Gasteiger partial charge in [-0.1, -0.05) is 18.7 Å². The fraction of sp³-hybridized carbons (Fsp3) is 0.250. The number of rotatable bonds is 3. The summed E-state index contributed by atoms with van der Waals surface area (Å²) in [5, 5.41) is 0. The Morgan fingerprint density at radius 2 is 2.14 bits per heavy atom. The van der Waals surface area contributed by atoms with E-state index in [9.17, 15) is 4.79 Å². The van der Waals surface area contributed by atoms with Gasteiger partial charge in [-0.25, -0.2) is 4.79 Å². The predicted molar refractivity (Wildman–Crippen MR) is 56.4 cm³/mol. The fourth-order valence-corrected chi connectivity index (χ4v) is 1.09. The number of ether oxygens (including phenoxy) is 1. The van der Waals surface area contributed by atoms with Crippen LogP contribution in [-0.4, -0.2) is 12.6 Å². The molecule has 0 aliphatic carbocycles. The Balaban J connectivity index is 2.80. The number of carbonyl (C=O) groups excluding carboxylic acids is 1. The van der Waals surface area contributed by atoms with E-state index in [1.807, 2.05) is 26.0 Å². The highest BCUT2D eigenvalue weighted by Crippen LogP contribution is 2.10. The first-order valence-corrected chi connectivity index (χ1v) is 4.50. The van der Waals surface area contributed by atoms with Crippen LogP contribution < -0.4 is 0 Å². The molecular formula is C12H14O2. The minimum atomic E-state index is -0.298. The molecule has 0 aliphatic rings. The van der Waals surface area contributed by atoms with Crippen LogP contribution >= 0.6 is 0 Å². The Labute approximate surface area is 84.2 Å². The van der Waals surface area contributed by atoms with Crippen molar-refractivity contribution in [1.82, 2.24) is 0 Å². The van der Waals surface area contributed by atoms with E-state index in [0.717, 1.165) is 5.56 Å². The van der Waals surface area contributed by atoms with E-state index in [1.165, 1.54) is 5.56 Å². The minimum Gasteiger partial charge on any atom is -0.458 e. The van der Waals surface area contributed by atoms with Gasteiger partial charge in [0, 0.05) is 0 Å². The molecule has 0 saturated heterocycles. The highest BCUT2D eigenvalue weighted by Gasteiger charge is 2.06. The standard InChI is InChI=1S/C12H14O2/c1-4-7-14-12(13)11-6-5-9(2)10(3)8-11/h4-6,8H,1,7H2,2-3H3. The molecule has 0 N–H and O–H groups in total. The molecule has 0 radical (unpaired) electrons. The zero-order valence-corrected chi connectivity index (χ0v) is 8.54. The molecule has 0 aromatic heterocycles. The minimum absolute atomic E-state index is 0.256. The summed E-state index contributed by atoms with van der Waals surface area (Å²) in [7, 11) is 0. The Hall–Kier alpha value is -1.57. The summed E-state index contributed by atoms with van der Waals surface area (Å²) in [5.41, 5.74) is 2.86. The Morgan fingerprint density at radius 1 is 1.43 bits per heavy atom. The molecule has 1 rings (SSSR count). The predicted octanol–water partition coefficient (Wildman–Crippen LogP) is 2.65. The molecule has 2 nitrogen and oxygen atoms in total. The van der Waals surface area contributed by atoms with E-state index in [-0.39, 0.29) is 12.6 Å². The van der Waals surface area contributed by atoms with Crippen LogP contribution in [0.1, 0.15) is 21.5 Å². The van der Waals surface area contributed by atoms with Crippen LogP contribution in [0.4, 0.5) is 0 Å². The second-order valence-corrected chi connectivity index (χ2v) is 3.19. The second-order valence-electron chi connectivity index (χ2n) is 3.19. The topological polar surface area (TPSA) is 26.3 Å². The summed E-state index contributed by atoms with van der Waals surface area (Å²) < 4.78 is 4.92. The van der Waals surface area contributed by atoms with Crippen molar-refractivity contribution in [3.8, 4) is 0 Å². The lowest BCUT2D eigenvalue weighted by atomic mass is 10.1. The quantitative estimate of drug-likeness (QED) is 0.541. The SMILES string of the molecule is C=CCOC(=O)c1ccc(C)c(C)c1. The molecule has 0 heterocycles. The van der Waals surface area contributed by atoms with Crippen molar-refractivity contribution in [2.24, 2.45) is 0 Å². The number of hydrogen-bond acceptors (Lipinski definition) is 2. The summed E-state index contributed by atoms with van der Waals surface area (Å²) in [6.45, 7) is 7.72. The third-order valence-corrected chi connectivity index (χ3v) is 2.07. The first-order valence-electron chi connectivity index (χ1n) is 4.50. The molecule has 74 valence electrons. The Morgan fingerprint density at radius 3 is 2.71 bits per heavy atom. The van der Waals surface area contributed by atoms with Crippen LogP contribution in [0.3, 0.4) is 0 Å². The van der Waals surface area contributed by atoms with Crippen molar-refractivity contribution >= 4 is 5.97 Å². The van der Waals surface area contributed by atoms with Gasteiger partial charge in [0.2, 0.25) is 0 Å². The van der Waals surface area contributed by atoms with Crippen LogP contribution in [-0.2, 0) is 4.74 Å². The van der Waals surface area contributed by atoms with Gasteiger partial charge in [-0.3, -0.25) is 0 Å². The molecule has 0 aliphatic heterocycles. The van der Waals surface area contributed by atoms with Gasteiger partial charge in [-0.15, -0.1) is 0 Å². The monoisotopic (exact) mass is 190 g/mol. The summed E-state index contributed by atoms with van der Waals surface area (Å²) in [5.74, 6) is -0.298. The van der Waals surface area contributed by atoms with Crippen molar-refractivity contribution in [2.45, 2.75) is 13.8 Å². The molecule has 0 fully saturated rings. The molecular weight excluding hydrogens is 176 g/mol. The Kier molecular flexibility index (Phi) is 3.46. The summed E-state index contributed by atoms with van der Waals surface area (Å²) >= 11 is 0. The molecule has 1 aromatic carbocycles. The summed E-state index contributed by atoms with van der Waals surface area (Å²) in [6.07, 6.45) is 1.55. The van der Waals surface area contributed by atoms with E-state index < -0.39 is 0 Å². The maximum Gasteiger partial charge on any atom is 0.338 e. The van der Waals surface area contributed by atoms with Gasteiger partial charge in [0.1, 0.15) is 6.61 Å². The van der Waals surface area contributed by atoms with Crippen LogP contribution in [0.2, 0.25) is 0 Å². The van der Waals surface area contributed by atoms with Gasteiger partial charge in [-0.2, -0.15) is 0 Å². The number of benzene rings is 1. The van der Waals surface area contributed by atoms with E-state index in [2.05, 4.69) is 6.58 Å². The molecule has 0 saturated carbocycles. The molecule has 0 amide bonds. The van der Waals surface area contributed by atoms with Gasteiger partial charge in [-0.05, 0) is 37.1 Å². The van der Waals surface area contributed by atoms with Gasteiger partial charge in [0.25, 0.3) is 0 Å². The third-order valence-electron chi connectivity index (χ3n) is 2.07. The summed E-state index contributed by atoms with van der Waals surface area (Å²) in [6, 6.07) is 5.52. The molecule has 0 atom stereocenters. The fourth-order valence-electron chi connectivity index (χ4n) is 1.09. The number of carbonyl (C=O) groups is 1. The molecule has 1 aromatic rings. The van der Waals surface area contributed by atoms with Gasteiger partial charge < -0.3 is 4.74 Å². The Bertz CT molecular complexity index is 353. The van der Waals surface area contributed by atoms with Crippen LogP contribution in [0.5, 0.6) is 0 Å². The smallest absolute Gasteiger partial charge is 0.338 e. The van der Waals surface area contributed by atoms with Gasteiger partial charge >= 0.3 is 5.97 Å². The normalized spacial score (nSPS) is 9.57. The first kappa shape index (κ1) is 10.5.